The average molecular weight is 360 g/mol. The van der Waals surface area contributed by atoms with E-state index in [1.165, 1.54) is 0 Å². The zero-order chi connectivity index (χ0) is 17.6. The van der Waals surface area contributed by atoms with Crippen LogP contribution in [0.15, 0.2) is 24.3 Å². The van der Waals surface area contributed by atoms with Crippen LogP contribution < -0.4 is 4.74 Å². The third kappa shape index (κ3) is 3.01. The van der Waals surface area contributed by atoms with E-state index in [4.69, 9.17) is 4.74 Å². The molecule has 2 amide bonds. The summed E-state index contributed by atoms with van der Waals surface area (Å²) in [7, 11) is 1.65. The Morgan fingerprint density at radius 3 is 2.72 bits per heavy atom. The van der Waals surface area contributed by atoms with E-state index in [9.17, 15) is 9.59 Å². The van der Waals surface area contributed by atoms with E-state index in [0.29, 0.717) is 24.8 Å². The first kappa shape index (κ1) is 16.8. The average Bonchev–Trinajstić information content (AvgIpc) is 3.34. The van der Waals surface area contributed by atoms with Crippen molar-refractivity contribution in [1.82, 2.24) is 9.80 Å². The zero-order valence-electron chi connectivity index (χ0n) is 14.7. The van der Waals surface area contributed by atoms with Gasteiger partial charge in [-0.05, 0) is 43.9 Å². The molecule has 2 saturated heterocycles. The molecule has 2 heterocycles. The lowest BCUT2D eigenvalue weighted by Crippen LogP contribution is -2.51. The molecule has 6 heteroatoms. The minimum atomic E-state index is -0.302. The number of methoxy groups -OCH3 is 1. The highest BCUT2D eigenvalue weighted by molar-refractivity contribution is 8.01. The Hall–Kier alpha value is -1.69. The fraction of sp³-hybridized carbons (Fsp3) is 0.579. The summed E-state index contributed by atoms with van der Waals surface area (Å²) in [6.45, 7) is 2.70. The predicted octanol–water partition coefficient (Wildman–Crippen LogP) is 2.64. The molecular weight excluding hydrogens is 336 g/mol. The van der Waals surface area contributed by atoms with E-state index in [0.717, 1.165) is 30.6 Å². The van der Waals surface area contributed by atoms with Crippen LogP contribution in [0.1, 0.15) is 38.2 Å². The molecule has 5 nitrogen and oxygen atoms in total. The van der Waals surface area contributed by atoms with Crippen LogP contribution in [0.4, 0.5) is 0 Å². The van der Waals surface area contributed by atoms with Crippen molar-refractivity contribution in [3.05, 3.63) is 29.8 Å². The van der Waals surface area contributed by atoms with Gasteiger partial charge in [-0.15, -0.1) is 11.8 Å². The summed E-state index contributed by atoms with van der Waals surface area (Å²) in [5, 5.41) is 0. The van der Waals surface area contributed by atoms with Crippen LogP contribution in [-0.4, -0.2) is 51.4 Å². The van der Waals surface area contributed by atoms with Gasteiger partial charge in [-0.3, -0.25) is 9.59 Å². The highest BCUT2D eigenvalue weighted by atomic mass is 32.2. The first-order valence-corrected chi connectivity index (χ1v) is 9.90. The fourth-order valence-corrected chi connectivity index (χ4v) is 5.32. The SMILES string of the molecule is COc1ccc(CN(C(=O)[C@H]2CS[C@]3(C)CCC(=O)N23)C2CC2)cc1. The van der Waals surface area contributed by atoms with Gasteiger partial charge in [0.25, 0.3) is 0 Å². The summed E-state index contributed by atoms with van der Waals surface area (Å²) in [5.74, 6) is 1.78. The van der Waals surface area contributed by atoms with Gasteiger partial charge in [0.1, 0.15) is 11.8 Å². The second-order valence-corrected chi connectivity index (χ2v) is 8.81. The van der Waals surface area contributed by atoms with E-state index < -0.39 is 0 Å². The first-order valence-electron chi connectivity index (χ1n) is 8.91. The van der Waals surface area contributed by atoms with Crippen LogP contribution in [0.3, 0.4) is 0 Å². The van der Waals surface area contributed by atoms with E-state index in [-0.39, 0.29) is 22.7 Å². The number of hydrogen-bond donors (Lipinski definition) is 0. The largest absolute Gasteiger partial charge is 0.497 e. The second kappa shape index (κ2) is 6.24. The van der Waals surface area contributed by atoms with Gasteiger partial charge in [-0.25, -0.2) is 0 Å². The standard InChI is InChI=1S/C19H24N2O3S/c1-19-10-9-17(22)21(19)16(12-25-19)18(23)20(14-5-6-14)11-13-3-7-15(24-2)8-4-13/h3-4,7-8,14,16H,5-6,9-12H2,1-2H3/t16-,19-/m1/s1. The maximum Gasteiger partial charge on any atom is 0.246 e. The third-order valence-electron chi connectivity index (χ3n) is 5.51. The van der Waals surface area contributed by atoms with Crippen molar-refractivity contribution >= 4 is 23.6 Å². The number of ether oxygens (including phenoxy) is 1. The second-order valence-electron chi connectivity index (χ2n) is 7.31. The highest BCUT2D eigenvalue weighted by Gasteiger charge is 2.54. The molecule has 4 rings (SSSR count). The van der Waals surface area contributed by atoms with Crippen molar-refractivity contribution in [3.8, 4) is 5.75 Å². The van der Waals surface area contributed by atoms with Gasteiger partial charge in [0.05, 0.1) is 12.0 Å². The molecule has 3 aliphatic rings. The van der Waals surface area contributed by atoms with Crippen LogP contribution in [0.25, 0.3) is 0 Å². The van der Waals surface area contributed by atoms with Crippen LogP contribution >= 0.6 is 11.8 Å². The molecule has 0 radical (unpaired) electrons. The number of hydrogen-bond acceptors (Lipinski definition) is 4. The number of rotatable bonds is 5. The Morgan fingerprint density at radius 2 is 2.08 bits per heavy atom. The Bertz CT molecular complexity index is 688. The minimum Gasteiger partial charge on any atom is -0.497 e. The Balaban J connectivity index is 1.52. The lowest BCUT2D eigenvalue weighted by molar-refractivity contribution is -0.144. The first-order chi connectivity index (χ1) is 12.0. The minimum absolute atomic E-state index is 0.116. The normalized spacial score (nSPS) is 28.2. The molecule has 0 unspecified atom stereocenters. The third-order valence-corrected chi connectivity index (χ3v) is 7.02. The van der Waals surface area contributed by atoms with Crippen molar-refractivity contribution < 1.29 is 14.3 Å². The number of amides is 2. The molecule has 2 aliphatic heterocycles. The number of fused-ring (bicyclic) bond motifs is 1. The Kier molecular flexibility index (Phi) is 4.18. The van der Waals surface area contributed by atoms with Gasteiger partial charge in [-0.1, -0.05) is 12.1 Å². The highest BCUT2D eigenvalue weighted by Crippen LogP contribution is 2.48. The number of carbonyl (C=O) groups is 2. The molecule has 0 bridgehead atoms. The van der Waals surface area contributed by atoms with Crippen LogP contribution in [0.5, 0.6) is 5.75 Å². The summed E-state index contributed by atoms with van der Waals surface area (Å²) in [4.78, 5) is 29.3. The molecule has 0 spiro atoms. The van der Waals surface area contributed by atoms with Crippen molar-refractivity contribution in [2.24, 2.45) is 0 Å². The Morgan fingerprint density at radius 1 is 1.36 bits per heavy atom. The number of carbonyl (C=O) groups excluding carboxylic acids is 2. The molecule has 3 fully saturated rings. The van der Waals surface area contributed by atoms with E-state index in [1.807, 2.05) is 34.1 Å². The van der Waals surface area contributed by atoms with Crippen LogP contribution in [0, 0.1) is 0 Å². The van der Waals surface area contributed by atoms with Crippen molar-refractivity contribution in [2.75, 3.05) is 12.9 Å². The van der Waals surface area contributed by atoms with Crippen LogP contribution in [0.2, 0.25) is 0 Å². The maximum atomic E-state index is 13.3. The molecular formula is C19H24N2O3S. The summed E-state index contributed by atoms with van der Waals surface area (Å²) in [6, 6.07) is 7.90. The van der Waals surface area contributed by atoms with Gasteiger partial charge in [-0.2, -0.15) is 0 Å². The molecule has 1 aromatic rings. The quantitative estimate of drug-likeness (QED) is 0.810. The fourth-order valence-electron chi connectivity index (χ4n) is 3.90. The van der Waals surface area contributed by atoms with Gasteiger partial charge >= 0.3 is 0 Å². The molecule has 0 aromatic heterocycles. The molecule has 1 aliphatic carbocycles. The lowest BCUT2D eigenvalue weighted by atomic mass is 10.1. The van der Waals surface area contributed by atoms with E-state index in [2.05, 4.69) is 6.92 Å². The molecule has 25 heavy (non-hydrogen) atoms. The summed E-state index contributed by atoms with van der Waals surface area (Å²) < 4.78 is 5.21. The monoisotopic (exact) mass is 360 g/mol. The van der Waals surface area contributed by atoms with Crippen molar-refractivity contribution in [3.63, 3.8) is 0 Å². The smallest absolute Gasteiger partial charge is 0.246 e. The number of nitrogens with zero attached hydrogens (tertiary/aromatic N) is 2. The zero-order valence-corrected chi connectivity index (χ0v) is 15.6. The molecule has 2 atom stereocenters. The summed E-state index contributed by atoms with van der Waals surface area (Å²) >= 11 is 1.76. The summed E-state index contributed by atoms with van der Waals surface area (Å²) in [6.07, 6.45) is 3.54. The van der Waals surface area contributed by atoms with Gasteiger partial charge in [0.2, 0.25) is 11.8 Å². The van der Waals surface area contributed by atoms with E-state index >= 15 is 0 Å². The van der Waals surface area contributed by atoms with Crippen LogP contribution in [-0.2, 0) is 16.1 Å². The molecule has 1 aromatic carbocycles. The maximum absolute atomic E-state index is 13.3. The van der Waals surface area contributed by atoms with Gasteiger partial charge in [0, 0.05) is 24.8 Å². The van der Waals surface area contributed by atoms with Crippen molar-refractivity contribution in [1.29, 1.82) is 0 Å². The predicted molar refractivity (Wildman–Crippen MR) is 97.3 cm³/mol. The van der Waals surface area contributed by atoms with Gasteiger partial charge < -0.3 is 14.5 Å². The van der Waals surface area contributed by atoms with Crippen molar-refractivity contribution in [2.45, 2.75) is 56.1 Å². The number of thioether (sulfide) groups is 1. The Labute approximate surface area is 152 Å². The molecule has 134 valence electrons. The lowest BCUT2D eigenvalue weighted by Gasteiger charge is -2.33. The van der Waals surface area contributed by atoms with Gasteiger partial charge in [0.15, 0.2) is 0 Å². The number of benzene rings is 1. The molecule has 0 N–H and O–H groups in total. The van der Waals surface area contributed by atoms with E-state index in [1.54, 1.807) is 18.9 Å². The topological polar surface area (TPSA) is 49.9 Å². The summed E-state index contributed by atoms with van der Waals surface area (Å²) in [5.41, 5.74) is 1.10. The molecule has 1 saturated carbocycles.